The summed E-state index contributed by atoms with van der Waals surface area (Å²) >= 11 is 0. The second-order valence-corrected chi connectivity index (χ2v) is 3.54. The van der Waals surface area contributed by atoms with Gasteiger partial charge in [0.25, 0.3) is 0 Å². The summed E-state index contributed by atoms with van der Waals surface area (Å²) in [5.74, 6) is -1.43. The highest BCUT2D eigenvalue weighted by Gasteiger charge is 2.48. The second kappa shape index (κ2) is 3.46. The number of esters is 1. The normalized spacial score (nSPS) is 26.1. The van der Waals surface area contributed by atoms with Gasteiger partial charge in [-0.1, -0.05) is 0 Å². The lowest BCUT2D eigenvalue weighted by molar-refractivity contribution is -0.154. The molecule has 0 radical (unpaired) electrons. The van der Waals surface area contributed by atoms with Crippen LogP contribution in [0, 0.1) is 5.92 Å². The zero-order chi connectivity index (χ0) is 10.1. The summed E-state index contributed by atoms with van der Waals surface area (Å²) in [6.45, 7) is 5.46. The van der Waals surface area contributed by atoms with E-state index in [4.69, 9.17) is 9.47 Å². The van der Waals surface area contributed by atoms with Crippen LogP contribution in [0.25, 0.3) is 0 Å². The molecule has 4 heteroatoms. The molecule has 0 aromatic heterocycles. The van der Waals surface area contributed by atoms with Gasteiger partial charge in [-0.2, -0.15) is 0 Å². The Balaban J connectivity index is 2.76. The average Bonchev–Trinajstić information content (AvgIpc) is 2.26. The molecule has 1 atom stereocenters. The van der Waals surface area contributed by atoms with Crippen LogP contribution in [0.5, 0.6) is 0 Å². The molecule has 0 spiro atoms. The van der Waals surface area contributed by atoms with Crippen LogP contribution in [0.15, 0.2) is 0 Å². The Morgan fingerprint density at radius 3 is 2.69 bits per heavy atom. The van der Waals surface area contributed by atoms with Gasteiger partial charge < -0.3 is 9.47 Å². The van der Waals surface area contributed by atoms with Gasteiger partial charge in [-0.3, -0.25) is 9.59 Å². The van der Waals surface area contributed by atoms with Crippen molar-refractivity contribution in [3.63, 3.8) is 0 Å². The smallest absolute Gasteiger partial charge is 0.319 e. The van der Waals surface area contributed by atoms with Crippen LogP contribution in [-0.2, 0) is 19.1 Å². The van der Waals surface area contributed by atoms with Crippen LogP contribution >= 0.6 is 0 Å². The molecule has 1 saturated heterocycles. The minimum Gasteiger partial charge on any atom is -0.465 e. The summed E-state index contributed by atoms with van der Waals surface area (Å²) in [5.41, 5.74) is -0.719. The number of ether oxygens (including phenoxy) is 2. The van der Waals surface area contributed by atoms with E-state index in [9.17, 15) is 9.59 Å². The molecule has 0 amide bonds. The fraction of sp³-hybridized carbons (Fsp3) is 0.778. The molecular formula is C9H14O4. The molecule has 1 aliphatic rings. The van der Waals surface area contributed by atoms with Crippen LogP contribution in [0.1, 0.15) is 20.8 Å². The molecule has 0 bridgehead atoms. The van der Waals surface area contributed by atoms with E-state index in [1.54, 1.807) is 20.8 Å². The lowest BCUT2D eigenvalue weighted by Crippen LogP contribution is -2.37. The highest BCUT2D eigenvalue weighted by atomic mass is 16.5. The van der Waals surface area contributed by atoms with Gasteiger partial charge in [0.15, 0.2) is 5.78 Å². The largest absolute Gasteiger partial charge is 0.465 e. The van der Waals surface area contributed by atoms with Gasteiger partial charge in [0.1, 0.15) is 12.5 Å². The minimum atomic E-state index is -0.757. The topological polar surface area (TPSA) is 52.6 Å². The summed E-state index contributed by atoms with van der Waals surface area (Å²) < 4.78 is 9.97. The van der Waals surface area contributed by atoms with Crippen molar-refractivity contribution in [1.29, 1.82) is 0 Å². The van der Waals surface area contributed by atoms with Crippen LogP contribution in [0.3, 0.4) is 0 Å². The Morgan fingerprint density at radius 2 is 2.31 bits per heavy atom. The van der Waals surface area contributed by atoms with Gasteiger partial charge >= 0.3 is 5.97 Å². The minimum absolute atomic E-state index is 0.0104. The number of hydrogen-bond acceptors (Lipinski definition) is 4. The van der Waals surface area contributed by atoms with Gasteiger partial charge in [-0.25, -0.2) is 0 Å². The number of ketones is 1. The second-order valence-electron chi connectivity index (χ2n) is 3.54. The van der Waals surface area contributed by atoms with Crippen molar-refractivity contribution >= 4 is 11.8 Å². The zero-order valence-corrected chi connectivity index (χ0v) is 8.12. The maximum atomic E-state index is 11.3. The van der Waals surface area contributed by atoms with Crippen LogP contribution in [0.2, 0.25) is 0 Å². The molecule has 1 heterocycles. The van der Waals surface area contributed by atoms with Crippen molar-refractivity contribution in [3.05, 3.63) is 0 Å². The van der Waals surface area contributed by atoms with E-state index in [-0.39, 0.29) is 12.4 Å². The van der Waals surface area contributed by atoms with Crippen molar-refractivity contribution in [2.45, 2.75) is 26.4 Å². The Hall–Kier alpha value is -0.900. The molecular weight excluding hydrogens is 172 g/mol. The van der Waals surface area contributed by atoms with Crippen LogP contribution in [-0.4, -0.2) is 30.6 Å². The first kappa shape index (κ1) is 10.2. The predicted octanol–water partition coefficient (Wildman–Crippen LogP) is 0.544. The lowest BCUT2D eigenvalue weighted by atomic mass is 9.90. The van der Waals surface area contributed by atoms with E-state index in [1.807, 2.05) is 0 Å². The molecule has 1 unspecified atom stereocenters. The lowest BCUT2D eigenvalue weighted by Gasteiger charge is -2.22. The first-order valence-corrected chi connectivity index (χ1v) is 4.32. The van der Waals surface area contributed by atoms with Crippen LogP contribution < -0.4 is 0 Å². The first-order valence-electron chi connectivity index (χ1n) is 4.32. The zero-order valence-electron chi connectivity index (χ0n) is 8.12. The molecule has 0 aliphatic carbocycles. The number of Topliss-reactive ketones (excluding diaryl/α,β-unsaturated/α-hetero) is 1. The molecule has 1 aliphatic heterocycles. The maximum absolute atomic E-state index is 11.3. The standard InChI is InChI=1S/C9H14O4/c1-4-12-8(11)7-6(10)5-13-9(7,2)3/h7H,4-5H2,1-3H3. The van der Waals surface area contributed by atoms with E-state index in [0.717, 1.165) is 0 Å². The van der Waals surface area contributed by atoms with E-state index in [2.05, 4.69) is 0 Å². The SMILES string of the molecule is CCOC(=O)C1C(=O)COC1(C)C. The Labute approximate surface area is 77.2 Å². The van der Waals surface area contributed by atoms with Gasteiger partial charge in [0, 0.05) is 0 Å². The third-order valence-electron chi connectivity index (χ3n) is 2.13. The van der Waals surface area contributed by atoms with Crippen molar-refractivity contribution in [2.75, 3.05) is 13.2 Å². The number of carbonyl (C=O) groups excluding carboxylic acids is 2. The summed E-state index contributed by atoms with van der Waals surface area (Å²) in [7, 11) is 0. The molecule has 13 heavy (non-hydrogen) atoms. The van der Waals surface area contributed by atoms with Gasteiger partial charge in [-0.05, 0) is 20.8 Å². The first-order chi connectivity index (χ1) is 5.99. The maximum Gasteiger partial charge on any atom is 0.319 e. The third kappa shape index (κ3) is 1.88. The Bertz CT molecular complexity index is 232. The van der Waals surface area contributed by atoms with Crippen LogP contribution in [0.4, 0.5) is 0 Å². The fourth-order valence-electron chi connectivity index (χ4n) is 1.45. The van der Waals surface area contributed by atoms with Crippen molar-refractivity contribution in [2.24, 2.45) is 5.92 Å². The van der Waals surface area contributed by atoms with Crippen molar-refractivity contribution in [1.82, 2.24) is 0 Å². The Morgan fingerprint density at radius 1 is 1.69 bits per heavy atom. The molecule has 0 aromatic carbocycles. The number of rotatable bonds is 2. The van der Waals surface area contributed by atoms with Crippen molar-refractivity contribution < 1.29 is 19.1 Å². The fourth-order valence-corrected chi connectivity index (χ4v) is 1.45. The molecule has 1 rings (SSSR count). The molecule has 4 nitrogen and oxygen atoms in total. The summed E-state index contributed by atoms with van der Waals surface area (Å²) in [4.78, 5) is 22.6. The van der Waals surface area contributed by atoms with E-state index < -0.39 is 17.5 Å². The average molecular weight is 186 g/mol. The molecule has 1 fully saturated rings. The predicted molar refractivity (Wildman–Crippen MR) is 45.2 cm³/mol. The van der Waals surface area contributed by atoms with Gasteiger partial charge in [0.05, 0.1) is 12.2 Å². The monoisotopic (exact) mass is 186 g/mol. The molecule has 0 saturated carbocycles. The third-order valence-corrected chi connectivity index (χ3v) is 2.13. The highest BCUT2D eigenvalue weighted by molar-refractivity contribution is 6.02. The van der Waals surface area contributed by atoms with Crippen molar-refractivity contribution in [3.8, 4) is 0 Å². The number of hydrogen-bond donors (Lipinski definition) is 0. The summed E-state index contributed by atoms with van der Waals surface area (Å²) in [6.07, 6.45) is 0. The highest BCUT2D eigenvalue weighted by Crippen LogP contribution is 2.29. The van der Waals surface area contributed by atoms with E-state index in [0.29, 0.717) is 6.61 Å². The van der Waals surface area contributed by atoms with E-state index >= 15 is 0 Å². The van der Waals surface area contributed by atoms with Gasteiger partial charge in [0.2, 0.25) is 0 Å². The Kier molecular flexibility index (Phi) is 2.71. The summed E-state index contributed by atoms with van der Waals surface area (Å²) in [6, 6.07) is 0. The molecule has 0 aromatic rings. The number of carbonyl (C=O) groups is 2. The van der Waals surface area contributed by atoms with E-state index in [1.165, 1.54) is 0 Å². The summed E-state index contributed by atoms with van der Waals surface area (Å²) in [5, 5.41) is 0. The van der Waals surface area contributed by atoms with Gasteiger partial charge in [-0.15, -0.1) is 0 Å². The quantitative estimate of drug-likeness (QED) is 0.466. The molecule has 0 N–H and O–H groups in total. The molecule has 74 valence electrons.